The number of aromatic nitrogens is 1. The minimum absolute atomic E-state index is 0.658. The Hall–Kier alpha value is -3.83. The molecular weight excluding hydrogens is 352 g/mol. The Kier molecular flexibility index (Phi) is 6.45. The van der Waals surface area contributed by atoms with E-state index in [1.807, 2.05) is 91.5 Å². The molecule has 0 radical (unpaired) electrons. The fourth-order valence-corrected chi connectivity index (χ4v) is 3.28. The molecule has 3 aromatic carbocycles. The van der Waals surface area contributed by atoms with Gasteiger partial charge in [0, 0.05) is 23.6 Å². The minimum atomic E-state index is 0.658. The first-order valence-electron chi connectivity index (χ1n) is 9.80. The number of rotatable bonds is 4. The van der Waals surface area contributed by atoms with Crippen molar-refractivity contribution in [3.05, 3.63) is 109 Å². The first kappa shape index (κ1) is 19.9. The summed E-state index contributed by atoms with van der Waals surface area (Å²) in [7, 11) is 0. The van der Waals surface area contributed by atoms with E-state index < -0.39 is 0 Å². The molecule has 0 aliphatic carbocycles. The summed E-state index contributed by atoms with van der Waals surface area (Å²) in [6, 6.07) is 28.9. The zero-order valence-electron chi connectivity index (χ0n) is 16.8. The number of hydrogen-bond acceptors (Lipinski definition) is 1. The van der Waals surface area contributed by atoms with Crippen LogP contribution in [0.2, 0.25) is 0 Å². The third kappa shape index (κ3) is 4.20. The molecule has 0 saturated carbocycles. The highest BCUT2D eigenvalue weighted by molar-refractivity contribution is 5.86. The zero-order valence-corrected chi connectivity index (χ0v) is 16.8. The van der Waals surface area contributed by atoms with Crippen molar-refractivity contribution in [3.63, 3.8) is 0 Å². The molecule has 4 aromatic rings. The number of benzene rings is 3. The van der Waals surface area contributed by atoms with Crippen LogP contribution in [-0.4, -0.2) is 4.57 Å². The highest BCUT2D eigenvalue weighted by Crippen LogP contribution is 2.34. The maximum atomic E-state index is 9.71. The molecule has 142 valence electrons. The molecule has 4 rings (SSSR count). The normalized spacial score (nSPS) is 9.83. The first-order valence-corrected chi connectivity index (χ1v) is 9.80. The van der Waals surface area contributed by atoms with Crippen molar-refractivity contribution in [2.75, 3.05) is 0 Å². The van der Waals surface area contributed by atoms with Gasteiger partial charge < -0.3 is 4.57 Å². The summed E-state index contributed by atoms with van der Waals surface area (Å²) in [6.07, 6.45) is 5.74. The van der Waals surface area contributed by atoms with Crippen LogP contribution in [0.1, 0.15) is 25.0 Å². The van der Waals surface area contributed by atoms with Crippen LogP contribution in [-0.2, 0) is 0 Å². The van der Waals surface area contributed by atoms with Crippen LogP contribution in [0.4, 0.5) is 0 Å². The van der Waals surface area contributed by atoms with Crippen molar-refractivity contribution < 1.29 is 0 Å². The lowest BCUT2D eigenvalue weighted by Gasteiger charge is -2.09. The molecule has 0 N–H and O–H groups in total. The minimum Gasteiger partial charge on any atom is -0.322 e. The lowest BCUT2D eigenvalue weighted by molar-refractivity contribution is 1.08. The van der Waals surface area contributed by atoms with Gasteiger partial charge in [-0.3, -0.25) is 0 Å². The predicted octanol–water partition coefficient (Wildman–Crippen LogP) is 7.35. The van der Waals surface area contributed by atoms with Crippen molar-refractivity contribution in [1.82, 2.24) is 4.57 Å². The molecular formula is C27H24N2. The summed E-state index contributed by atoms with van der Waals surface area (Å²) in [5, 5.41) is 9.71. The quantitative estimate of drug-likeness (QED) is 0.366. The van der Waals surface area contributed by atoms with Crippen LogP contribution >= 0.6 is 0 Å². The molecule has 2 nitrogen and oxygen atoms in total. The molecule has 1 aromatic heterocycles. The smallest absolute Gasteiger partial charge is 0.101 e. The Labute approximate surface area is 173 Å². The molecule has 0 saturated heterocycles. The lowest BCUT2D eigenvalue weighted by Crippen LogP contribution is -1.89. The second-order valence-corrected chi connectivity index (χ2v) is 6.31. The van der Waals surface area contributed by atoms with Gasteiger partial charge in [-0.1, -0.05) is 93.2 Å². The van der Waals surface area contributed by atoms with Gasteiger partial charge in [0.1, 0.15) is 6.07 Å². The van der Waals surface area contributed by atoms with Gasteiger partial charge in [-0.25, -0.2) is 0 Å². The van der Waals surface area contributed by atoms with Crippen LogP contribution in [0.5, 0.6) is 0 Å². The SMILES string of the molecule is C=Cc1ccc(-n2cc(C#N)c(-c3ccccc3-c3ccccc3)c2)cc1.CC. The van der Waals surface area contributed by atoms with Crippen LogP contribution in [0, 0.1) is 11.3 Å². The second-order valence-electron chi connectivity index (χ2n) is 6.31. The molecule has 0 aliphatic heterocycles. The van der Waals surface area contributed by atoms with Crippen molar-refractivity contribution in [2.45, 2.75) is 13.8 Å². The largest absolute Gasteiger partial charge is 0.322 e. The van der Waals surface area contributed by atoms with Gasteiger partial charge >= 0.3 is 0 Å². The van der Waals surface area contributed by atoms with Crippen LogP contribution in [0.25, 0.3) is 34.0 Å². The molecule has 0 aliphatic rings. The van der Waals surface area contributed by atoms with Gasteiger partial charge in [0.05, 0.1) is 5.56 Å². The number of nitrogens with zero attached hydrogens (tertiary/aromatic N) is 2. The van der Waals surface area contributed by atoms with E-state index in [1.54, 1.807) is 0 Å². The zero-order chi connectivity index (χ0) is 20.6. The molecule has 0 atom stereocenters. The highest BCUT2D eigenvalue weighted by Gasteiger charge is 2.14. The standard InChI is InChI=1S/C25H18N2.C2H6/c1-2-19-12-14-22(15-13-19)27-17-21(16-26)25(18-27)24-11-7-6-10-23(24)20-8-4-3-5-9-20;1-2/h2-15,17-18H,1H2;1-2H3. The fourth-order valence-electron chi connectivity index (χ4n) is 3.28. The van der Waals surface area contributed by atoms with Crippen molar-refractivity contribution in [3.8, 4) is 34.0 Å². The average molecular weight is 377 g/mol. The monoisotopic (exact) mass is 376 g/mol. The summed E-state index contributed by atoms with van der Waals surface area (Å²) in [5.74, 6) is 0. The Morgan fingerprint density at radius 3 is 2.00 bits per heavy atom. The second kappa shape index (κ2) is 9.39. The molecule has 0 bridgehead atoms. The fraction of sp³-hybridized carbons (Fsp3) is 0.0741. The summed E-state index contributed by atoms with van der Waals surface area (Å²) in [4.78, 5) is 0. The molecule has 2 heteroatoms. The van der Waals surface area contributed by atoms with E-state index in [2.05, 4.69) is 36.9 Å². The van der Waals surface area contributed by atoms with E-state index >= 15 is 0 Å². The van der Waals surface area contributed by atoms with Gasteiger partial charge in [0.15, 0.2) is 0 Å². The van der Waals surface area contributed by atoms with Gasteiger partial charge in [-0.15, -0.1) is 0 Å². The van der Waals surface area contributed by atoms with Crippen molar-refractivity contribution in [1.29, 1.82) is 5.26 Å². The average Bonchev–Trinajstić information content (AvgIpc) is 3.25. The van der Waals surface area contributed by atoms with Gasteiger partial charge in [0.2, 0.25) is 0 Å². The van der Waals surface area contributed by atoms with E-state index in [4.69, 9.17) is 0 Å². The molecule has 0 amide bonds. The highest BCUT2D eigenvalue weighted by atomic mass is 14.9. The van der Waals surface area contributed by atoms with E-state index in [9.17, 15) is 5.26 Å². The van der Waals surface area contributed by atoms with E-state index in [0.29, 0.717) is 5.56 Å². The summed E-state index contributed by atoms with van der Waals surface area (Å²) < 4.78 is 2.00. The molecule has 1 heterocycles. The summed E-state index contributed by atoms with van der Waals surface area (Å²) >= 11 is 0. The van der Waals surface area contributed by atoms with Crippen LogP contribution < -0.4 is 0 Å². The summed E-state index contributed by atoms with van der Waals surface area (Å²) in [5.41, 5.74) is 6.99. The number of hydrogen-bond donors (Lipinski definition) is 0. The van der Waals surface area contributed by atoms with E-state index in [0.717, 1.165) is 33.5 Å². The first-order chi connectivity index (χ1) is 14.3. The topological polar surface area (TPSA) is 28.7 Å². The Bertz CT molecular complexity index is 1130. The molecule has 0 unspecified atom stereocenters. The summed E-state index contributed by atoms with van der Waals surface area (Å²) in [6.45, 7) is 7.79. The van der Waals surface area contributed by atoms with Gasteiger partial charge in [-0.2, -0.15) is 5.26 Å². The maximum absolute atomic E-state index is 9.71. The Morgan fingerprint density at radius 2 is 1.38 bits per heavy atom. The Balaban J connectivity index is 0.00000117. The van der Waals surface area contributed by atoms with Gasteiger partial charge in [-0.05, 0) is 34.4 Å². The third-order valence-electron chi connectivity index (χ3n) is 4.68. The number of nitriles is 1. The maximum Gasteiger partial charge on any atom is 0.101 e. The van der Waals surface area contributed by atoms with Gasteiger partial charge in [0.25, 0.3) is 0 Å². The Morgan fingerprint density at radius 1 is 0.759 bits per heavy atom. The van der Waals surface area contributed by atoms with Crippen molar-refractivity contribution >= 4 is 6.08 Å². The molecule has 29 heavy (non-hydrogen) atoms. The van der Waals surface area contributed by atoms with Crippen LogP contribution in [0.3, 0.4) is 0 Å². The lowest BCUT2D eigenvalue weighted by atomic mass is 9.94. The molecule has 0 fully saturated rings. The predicted molar refractivity (Wildman–Crippen MR) is 123 cm³/mol. The van der Waals surface area contributed by atoms with E-state index in [-0.39, 0.29) is 0 Å². The van der Waals surface area contributed by atoms with Crippen LogP contribution in [0.15, 0.2) is 97.8 Å². The third-order valence-corrected chi connectivity index (χ3v) is 4.68. The molecule has 0 spiro atoms. The van der Waals surface area contributed by atoms with E-state index in [1.165, 1.54) is 0 Å². The van der Waals surface area contributed by atoms with Crippen molar-refractivity contribution in [2.24, 2.45) is 0 Å².